The molecule has 6 nitrogen and oxygen atoms in total. The lowest BCUT2D eigenvalue weighted by Gasteiger charge is -2.37. The number of carbonyl (C=O) groups is 1. The molecule has 1 spiro atoms. The van der Waals surface area contributed by atoms with Gasteiger partial charge in [0.25, 0.3) is 0 Å². The Morgan fingerprint density at radius 3 is 2.54 bits per heavy atom. The SMILES string of the molecule is CCCS(=O)(=O)N1CC(C(=O)NC2CCCC2)C2(CCOCC2)C1. The highest BCUT2D eigenvalue weighted by Crippen LogP contribution is 2.45. The van der Waals surface area contributed by atoms with E-state index in [1.54, 1.807) is 4.31 Å². The summed E-state index contributed by atoms with van der Waals surface area (Å²) in [4.78, 5) is 12.9. The van der Waals surface area contributed by atoms with Crippen LogP contribution in [0.1, 0.15) is 51.9 Å². The minimum Gasteiger partial charge on any atom is -0.381 e. The van der Waals surface area contributed by atoms with Gasteiger partial charge in [-0.15, -0.1) is 0 Å². The van der Waals surface area contributed by atoms with E-state index in [9.17, 15) is 13.2 Å². The van der Waals surface area contributed by atoms with Gasteiger partial charge in [-0.1, -0.05) is 19.8 Å². The van der Waals surface area contributed by atoms with Crippen molar-refractivity contribution in [3.63, 3.8) is 0 Å². The van der Waals surface area contributed by atoms with Gasteiger partial charge in [0.1, 0.15) is 0 Å². The lowest BCUT2D eigenvalue weighted by molar-refractivity contribution is -0.130. The highest BCUT2D eigenvalue weighted by Gasteiger charge is 2.53. The third-order valence-electron chi connectivity index (χ3n) is 5.98. The van der Waals surface area contributed by atoms with Crippen molar-refractivity contribution in [2.24, 2.45) is 11.3 Å². The van der Waals surface area contributed by atoms with Crippen LogP contribution in [0.25, 0.3) is 0 Å². The van der Waals surface area contributed by atoms with Crippen molar-refractivity contribution in [1.82, 2.24) is 9.62 Å². The van der Waals surface area contributed by atoms with Crippen LogP contribution in [0, 0.1) is 11.3 Å². The number of rotatable bonds is 5. The molecule has 1 aliphatic carbocycles. The summed E-state index contributed by atoms with van der Waals surface area (Å²) in [5.74, 6) is -0.0251. The van der Waals surface area contributed by atoms with Crippen molar-refractivity contribution < 1.29 is 17.9 Å². The number of nitrogens with one attached hydrogen (secondary N) is 1. The first-order valence-corrected chi connectivity index (χ1v) is 10.9. The molecule has 24 heavy (non-hydrogen) atoms. The second-order valence-electron chi connectivity index (χ2n) is 7.63. The molecule has 2 heterocycles. The van der Waals surface area contributed by atoms with Gasteiger partial charge in [-0.05, 0) is 32.1 Å². The summed E-state index contributed by atoms with van der Waals surface area (Å²) in [6, 6.07) is 0.274. The van der Waals surface area contributed by atoms with E-state index in [-0.39, 0.29) is 29.0 Å². The maximum atomic E-state index is 12.9. The molecule has 7 heteroatoms. The predicted octanol–water partition coefficient (Wildman–Crippen LogP) is 1.51. The molecule has 1 amide bonds. The maximum Gasteiger partial charge on any atom is 0.225 e. The van der Waals surface area contributed by atoms with Gasteiger partial charge in [0, 0.05) is 37.8 Å². The summed E-state index contributed by atoms with van der Waals surface area (Å²) in [5, 5.41) is 3.20. The largest absolute Gasteiger partial charge is 0.381 e. The third kappa shape index (κ3) is 3.63. The van der Waals surface area contributed by atoms with E-state index in [0.29, 0.717) is 32.7 Å². The van der Waals surface area contributed by atoms with Crippen molar-refractivity contribution in [1.29, 1.82) is 0 Å². The topological polar surface area (TPSA) is 75.7 Å². The van der Waals surface area contributed by atoms with Crippen molar-refractivity contribution in [3.05, 3.63) is 0 Å². The van der Waals surface area contributed by atoms with Crippen LogP contribution >= 0.6 is 0 Å². The highest BCUT2D eigenvalue weighted by molar-refractivity contribution is 7.89. The monoisotopic (exact) mass is 358 g/mol. The Hall–Kier alpha value is -0.660. The molecule has 1 unspecified atom stereocenters. The first-order chi connectivity index (χ1) is 11.5. The molecule has 3 rings (SSSR count). The summed E-state index contributed by atoms with van der Waals surface area (Å²) < 4.78 is 32.1. The Kier molecular flexibility index (Phi) is 5.52. The Labute approximate surface area is 145 Å². The first kappa shape index (κ1) is 18.1. The third-order valence-corrected chi connectivity index (χ3v) is 7.97. The summed E-state index contributed by atoms with van der Waals surface area (Å²) in [6.45, 7) is 3.92. The number of sulfonamides is 1. The van der Waals surface area contributed by atoms with Gasteiger partial charge < -0.3 is 10.1 Å². The molecule has 2 aliphatic heterocycles. The van der Waals surface area contributed by atoms with Crippen LogP contribution in [0.5, 0.6) is 0 Å². The van der Waals surface area contributed by atoms with Gasteiger partial charge >= 0.3 is 0 Å². The maximum absolute atomic E-state index is 12.9. The quantitative estimate of drug-likeness (QED) is 0.808. The molecule has 138 valence electrons. The van der Waals surface area contributed by atoms with E-state index in [2.05, 4.69) is 5.32 Å². The predicted molar refractivity (Wildman–Crippen MR) is 92.0 cm³/mol. The van der Waals surface area contributed by atoms with E-state index in [1.165, 1.54) is 12.8 Å². The van der Waals surface area contributed by atoms with Gasteiger partial charge in [0.2, 0.25) is 15.9 Å². The van der Waals surface area contributed by atoms with Crippen LogP contribution < -0.4 is 5.32 Å². The van der Waals surface area contributed by atoms with E-state index < -0.39 is 10.0 Å². The fourth-order valence-corrected chi connectivity index (χ4v) is 6.14. The summed E-state index contributed by atoms with van der Waals surface area (Å²) >= 11 is 0. The second kappa shape index (κ2) is 7.30. The molecular formula is C17H30N2O4S. The molecule has 1 atom stereocenters. The number of carbonyl (C=O) groups excluding carboxylic acids is 1. The molecule has 0 aromatic rings. The molecule has 0 aromatic heterocycles. The van der Waals surface area contributed by atoms with E-state index in [1.807, 2.05) is 6.92 Å². The average Bonchev–Trinajstić information content (AvgIpc) is 3.16. The molecule has 1 N–H and O–H groups in total. The van der Waals surface area contributed by atoms with Crippen LogP contribution in [0.4, 0.5) is 0 Å². The Morgan fingerprint density at radius 1 is 1.25 bits per heavy atom. The van der Waals surface area contributed by atoms with E-state index >= 15 is 0 Å². The minimum atomic E-state index is -3.27. The van der Waals surface area contributed by atoms with Gasteiger partial charge in [-0.2, -0.15) is 0 Å². The number of hydrogen-bond donors (Lipinski definition) is 1. The lowest BCUT2D eigenvalue weighted by Crippen LogP contribution is -2.46. The van der Waals surface area contributed by atoms with Crippen LogP contribution in [-0.2, 0) is 19.6 Å². The number of hydrogen-bond acceptors (Lipinski definition) is 4. The molecule has 1 saturated carbocycles. The highest BCUT2D eigenvalue weighted by atomic mass is 32.2. The smallest absolute Gasteiger partial charge is 0.225 e. The molecule has 2 saturated heterocycles. The molecule has 0 aromatic carbocycles. The molecule has 0 bridgehead atoms. The van der Waals surface area contributed by atoms with Crippen LogP contribution in [0.3, 0.4) is 0 Å². The van der Waals surface area contributed by atoms with Crippen molar-refractivity contribution in [2.75, 3.05) is 32.1 Å². The van der Waals surface area contributed by atoms with Crippen LogP contribution in [0.2, 0.25) is 0 Å². The van der Waals surface area contributed by atoms with Crippen molar-refractivity contribution >= 4 is 15.9 Å². The Balaban J connectivity index is 1.77. The van der Waals surface area contributed by atoms with E-state index in [0.717, 1.165) is 25.7 Å². The normalized spacial score (nSPS) is 28.5. The zero-order valence-corrected chi connectivity index (χ0v) is 15.4. The minimum absolute atomic E-state index is 0.0537. The summed E-state index contributed by atoms with van der Waals surface area (Å²) in [7, 11) is -3.27. The van der Waals surface area contributed by atoms with Crippen molar-refractivity contribution in [3.8, 4) is 0 Å². The summed E-state index contributed by atoms with van der Waals surface area (Å²) in [6.07, 6.45) is 6.59. The van der Waals surface area contributed by atoms with Gasteiger partial charge in [-0.25, -0.2) is 12.7 Å². The zero-order valence-electron chi connectivity index (χ0n) is 14.6. The molecule has 3 fully saturated rings. The lowest BCUT2D eigenvalue weighted by atomic mass is 9.71. The molecule has 3 aliphatic rings. The standard InChI is InChI=1S/C17H30N2O4S/c1-2-11-24(21,22)19-12-15(16(20)18-14-5-3-4-6-14)17(13-19)7-9-23-10-8-17/h14-15H,2-13H2,1H3,(H,18,20). The second-order valence-corrected chi connectivity index (χ2v) is 9.71. The van der Waals surface area contributed by atoms with Crippen molar-refractivity contribution in [2.45, 2.75) is 57.9 Å². The fraction of sp³-hybridized carbons (Fsp3) is 0.941. The number of nitrogens with zero attached hydrogens (tertiary/aromatic N) is 1. The Morgan fingerprint density at radius 2 is 1.92 bits per heavy atom. The Bertz CT molecular complexity index is 551. The van der Waals surface area contributed by atoms with E-state index in [4.69, 9.17) is 4.74 Å². The van der Waals surface area contributed by atoms with Gasteiger partial charge in [0.15, 0.2) is 0 Å². The average molecular weight is 359 g/mol. The van der Waals surface area contributed by atoms with Crippen LogP contribution in [-0.4, -0.2) is 56.7 Å². The van der Waals surface area contributed by atoms with Crippen LogP contribution in [0.15, 0.2) is 0 Å². The number of ether oxygens (including phenoxy) is 1. The number of amides is 1. The molecular weight excluding hydrogens is 328 g/mol. The summed E-state index contributed by atoms with van der Waals surface area (Å²) in [5.41, 5.74) is -0.248. The fourth-order valence-electron chi connectivity index (χ4n) is 4.54. The van der Waals surface area contributed by atoms with Gasteiger partial charge in [-0.3, -0.25) is 4.79 Å². The molecule has 0 radical (unpaired) electrons. The first-order valence-electron chi connectivity index (χ1n) is 9.33. The zero-order chi connectivity index (χ0) is 17.2. The van der Waals surface area contributed by atoms with Gasteiger partial charge in [0.05, 0.1) is 11.7 Å².